The second-order valence-corrected chi connectivity index (χ2v) is 23.9. The lowest BCUT2D eigenvalue weighted by Crippen LogP contribution is -2.37. The van der Waals surface area contributed by atoms with Crippen LogP contribution in [0.5, 0.6) is 0 Å². The maximum absolute atomic E-state index is 6.68. The number of rotatable bonds is 4. The molecule has 4 aromatic heterocycles. The van der Waals surface area contributed by atoms with Gasteiger partial charge >= 0.3 is 0 Å². The monoisotopic (exact) mass is 915 g/mol. The minimum Gasteiger partial charge on any atom is -0.456 e. The van der Waals surface area contributed by atoms with E-state index in [4.69, 9.17) is 9.40 Å². The fourth-order valence-corrected chi connectivity index (χ4v) is 14.1. The molecule has 4 nitrogen and oxygen atoms in total. The van der Waals surface area contributed by atoms with E-state index in [2.05, 4.69) is 198 Å². The van der Waals surface area contributed by atoms with Gasteiger partial charge in [0.05, 0.1) is 26.9 Å². The third-order valence-electron chi connectivity index (χ3n) is 15.6. The Labute approximate surface area is 404 Å². The third-order valence-corrected chi connectivity index (χ3v) is 17.9. The van der Waals surface area contributed by atoms with E-state index in [1.165, 1.54) is 97.5 Å². The number of para-hydroxylation sites is 1. The highest BCUT2D eigenvalue weighted by Gasteiger charge is 2.39. The number of nitrogens with one attached hydrogen (secondary N) is 1. The molecule has 0 radical (unpaired) electrons. The van der Waals surface area contributed by atoms with Gasteiger partial charge in [-0.3, -0.25) is 0 Å². The number of thiophene rings is 1. The molecule has 0 saturated heterocycles. The Hall–Kier alpha value is -6.67. The lowest BCUT2D eigenvalue weighted by Gasteiger charge is -2.42. The molecule has 0 unspecified atom stereocenters. The van der Waals surface area contributed by atoms with Crippen LogP contribution >= 0.6 is 22.7 Å². The van der Waals surface area contributed by atoms with Gasteiger partial charge in [-0.05, 0) is 111 Å². The number of hydrogen-bond donors (Lipinski definition) is 1. The Kier molecular flexibility index (Phi) is 8.30. The number of aromatic nitrogens is 2. The predicted octanol–water partition coefficient (Wildman–Crippen LogP) is 16.1. The van der Waals surface area contributed by atoms with E-state index in [0.717, 1.165) is 63.1 Å². The van der Waals surface area contributed by atoms with Crippen LogP contribution in [-0.2, 0) is 16.2 Å². The van der Waals surface area contributed by atoms with Crippen molar-refractivity contribution in [2.75, 3.05) is 5.32 Å². The summed E-state index contributed by atoms with van der Waals surface area (Å²) in [7, 11) is 0.770. The molecule has 1 aliphatic heterocycles. The second-order valence-electron chi connectivity index (χ2n) is 21.9. The molecule has 330 valence electrons. The zero-order chi connectivity index (χ0) is 46.0. The second kappa shape index (κ2) is 14.0. The first kappa shape index (κ1) is 40.4. The summed E-state index contributed by atoms with van der Waals surface area (Å²) in [5.74, 6) is 0. The average molecular weight is 916 g/mol. The summed E-state index contributed by atoms with van der Waals surface area (Å²) in [4.78, 5) is 5.33. The molecular weight excluding hydrogens is 866 g/mol. The highest BCUT2D eigenvalue weighted by Crippen LogP contribution is 2.53. The van der Waals surface area contributed by atoms with Gasteiger partial charge < -0.3 is 14.3 Å². The lowest BCUT2D eigenvalue weighted by atomic mass is 9.58. The van der Waals surface area contributed by atoms with E-state index in [9.17, 15) is 0 Å². The van der Waals surface area contributed by atoms with E-state index >= 15 is 0 Å². The molecule has 5 heterocycles. The van der Waals surface area contributed by atoms with Gasteiger partial charge in [0.15, 0.2) is 7.28 Å². The number of furan rings is 1. The maximum atomic E-state index is 6.68. The summed E-state index contributed by atoms with van der Waals surface area (Å²) in [5, 5.41) is 12.6. The summed E-state index contributed by atoms with van der Waals surface area (Å²) in [6.45, 7) is 16.7. The Morgan fingerprint density at radius 2 is 1.38 bits per heavy atom. The molecule has 0 fully saturated rings. The first-order chi connectivity index (χ1) is 32.8. The normalized spacial score (nSPS) is 15.2. The third kappa shape index (κ3) is 5.82. The van der Waals surface area contributed by atoms with Crippen LogP contribution in [0.25, 0.3) is 102 Å². The van der Waals surface area contributed by atoms with Crippen LogP contribution in [0, 0.1) is 0 Å². The van der Waals surface area contributed by atoms with Crippen molar-refractivity contribution >= 4 is 126 Å². The van der Waals surface area contributed by atoms with Crippen molar-refractivity contribution in [3.63, 3.8) is 0 Å². The molecule has 0 spiro atoms. The molecule has 0 saturated carbocycles. The molecule has 12 aromatic rings. The summed E-state index contributed by atoms with van der Waals surface area (Å²) >= 11 is 3.75. The van der Waals surface area contributed by atoms with Crippen LogP contribution in [0.3, 0.4) is 0 Å². The Morgan fingerprint density at radius 1 is 0.662 bits per heavy atom. The predicted molar refractivity (Wildman–Crippen MR) is 295 cm³/mol. The van der Waals surface area contributed by atoms with Crippen molar-refractivity contribution in [2.24, 2.45) is 0 Å². The van der Waals surface area contributed by atoms with Crippen LogP contribution < -0.4 is 16.2 Å². The number of nitrogens with zero attached hydrogens (tertiary/aromatic N) is 2. The van der Waals surface area contributed by atoms with E-state index < -0.39 is 0 Å². The molecule has 7 heteroatoms. The van der Waals surface area contributed by atoms with Gasteiger partial charge in [0, 0.05) is 70.3 Å². The van der Waals surface area contributed by atoms with Crippen LogP contribution in [0.15, 0.2) is 144 Å². The molecule has 8 aromatic carbocycles. The Bertz CT molecular complexity index is 4120. The Morgan fingerprint density at radius 3 is 2.16 bits per heavy atom. The van der Waals surface area contributed by atoms with Gasteiger partial charge in [0.2, 0.25) is 0 Å². The zero-order valence-electron chi connectivity index (χ0n) is 39.5. The summed E-state index contributed by atoms with van der Waals surface area (Å²) in [6, 6.07) is 52.0. The number of anilines is 2. The van der Waals surface area contributed by atoms with Gasteiger partial charge in [-0.1, -0.05) is 133 Å². The largest absolute Gasteiger partial charge is 0.456 e. The number of thiazole rings is 1. The summed E-state index contributed by atoms with van der Waals surface area (Å²) < 4.78 is 13.2. The van der Waals surface area contributed by atoms with Crippen molar-refractivity contribution in [1.82, 2.24) is 9.55 Å². The highest BCUT2D eigenvalue weighted by molar-refractivity contribution is 7.27. The number of fused-ring (bicyclic) bond motifs is 14. The van der Waals surface area contributed by atoms with Gasteiger partial charge in [-0.25, -0.2) is 4.98 Å². The molecule has 0 atom stereocenters. The molecule has 0 bridgehead atoms. The summed E-state index contributed by atoms with van der Waals surface area (Å²) in [5.41, 5.74) is 19.5. The van der Waals surface area contributed by atoms with Crippen molar-refractivity contribution < 1.29 is 4.42 Å². The van der Waals surface area contributed by atoms with Gasteiger partial charge in [0.25, 0.3) is 0 Å². The summed E-state index contributed by atoms with van der Waals surface area (Å²) in [6.07, 6.45) is 2.33. The standard InChI is InChI=1S/C61H50BN3OS2/c1-59(2,3)34-21-23-35(24-22-34)63-44-31-49-38(36-17-11-13-19-48(36)66-49)27-39(44)52-53-37-18-12-14-20-50(37)67-57(53)54-40-28-41-42(61(6,7)26-25-60(41,4)5)29-46(40)65-47-32-51-45(30-43(47)62-55(52)56(54)65)64-58(68-51)33-15-9-8-10-16-33/h8-24,27-32,62-63H,25-26H2,1-7H3. The molecular formula is C61H50BN3OS2. The SMILES string of the molecule is CC(C)(C)c1ccc(Nc2cc3oc4ccccc4c3cc2-c2c3c4c(c5cc6c(cc5n4-c4cc5sc(-c7ccccc7)nc5cc4B3)C(C)(C)CCC6(C)C)c3sc4ccccc4c23)cc1. The molecule has 0 amide bonds. The van der Waals surface area contributed by atoms with Crippen LogP contribution in [0.4, 0.5) is 11.4 Å². The maximum Gasteiger partial charge on any atom is 0.198 e. The number of benzene rings is 8. The lowest BCUT2D eigenvalue weighted by molar-refractivity contribution is 0.332. The van der Waals surface area contributed by atoms with E-state index in [1.54, 1.807) is 11.3 Å². The molecule has 1 aliphatic carbocycles. The van der Waals surface area contributed by atoms with E-state index in [0.29, 0.717) is 0 Å². The average Bonchev–Trinajstić information content (AvgIpc) is 4.10. The quantitative estimate of drug-likeness (QED) is 0.179. The molecule has 14 rings (SSSR count). The van der Waals surface area contributed by atoms with Gasteiger partial charge in [0.1, 0.15) is 16.2 Å². The van der Waals surface area contributed by atoms with E-state index in [-0.39, 0.29) is 16.2 Å². The molecule has 2 aliphatic rings. The van der Waals surface area contributed by atoms with Crippen molar-refractivity contribution in [2.45, 2.75) is 77.6 Å². The van der Waals surface area contributed by atoms with Gasteiger partial charge in [-0.2, -0.15) is 0 Å². The minimum atomic E-state index is 0.0489. The highest BCUT2D eigenvalue weighted by atomic mass is 32.1. The minimum absolute atomic E-state index is 0.0489. The molecule has 1 N–H and O–H groups in total. The fourth-order valence-electron chi connectivity index (χ4n) is 11.9. The van der Waals surface area contributed by atoms with Crippen LogP contribution in [-0.4, -0.2) is 16.8 Å². The fraction of sp³-hybridized carbons (Fsp3) is 0.197. The zero-order valence-corrected chi connectivity index (χ0v) is 41.2. The van der Waals surface area contributed by atoms with Crippen molar-refractivity contribution in [3.8, 4) is 27.4 Å². The van der Waals surface area contributed by atoms with E-state index in [1.807, 2.05) is 11.3 Å². The number of hydrogen-bond acceptors (Lipinski definition) is 5. The van der Waals surface area contributed by atoms with Crippen molar-refractivity contribution in [3.05, 3.63) is 156 Å². The van der Waals surface area contributed by atoms with Crippen LogP contribution in [0.2, 0.25) is 0 Å². The Balaban J connectivity index is 1.15. The van der Waals surface area contributed by atoms with Crippen molar-refractivity contribution in [1.29, 1.82) is 0 Å². The first-order valence-electron chi connectivity index (χ1n) is 24.1. The topological polar surface area (TPSA) is 43.0 Å². The smallest absolute Gasteiger partial charge is 0.198 e. The van der Waals surface area contributed by atoms with Crippen LogP contribution in [0.1, 0.15) is 78.0 Å². The van der Waals surface area contributed by atoms with Gasteiger partial charge in [-0.15, -0.1) is 22.7 Å². The first-order valence-corrected chi connectivity index (χ1v) is 25.7. The molecule has 68 heavy (non-hydrogen) atoms.